The molecule has 6 aromatic rings. The van der Waals surface area contributed by atoms with Gasteiger partial charge in [0.2, 0.25) is 0 Å². The van der Waals surface area contributed by atoms with Crippen molar-refractivity contribution in [2.24, 2.45) is 0 Å². The average Bonchev–Trinajstić information content (AvgIpc) is 3.00. The Morgan fingerprint density at radius 1 is 0.308 bits per heavy atom. The van der Waals surface area contributed by atoms with Crippen LogP contribution in [0.1, 0.15) is 0 Å². The van der Waals surface area contributed by atoms with Crippen LogP contribution in [0, 0.1) is 0 Å². The molecule has 0 bridgehead atoms. The first-order valence-corrected chi connectivity index (χ1v) is 13.1. The molecule has 3 nitrogen and oxygen atoms in total. The molecule has 188 valence electrons. The zero-order valence-corrected chi connectivity index (χ0v) is 21.5. The Labute approximate surface area is 230 Å². The van der Waals surface area contributed by atoms with E-state index < -0.39 is 0 Å². The van der Waals surface area contributed by atoms with Gasteiger partial charge in [-0.15, -0.1) is 0 Å². The summed E-state index contributed by atoms with van der Waals surface area (Å²) in [6.45, 7) is 0. The summed E-state index contributed by atoms with van der Waals surface area (Å²) in [4.78, 5) is 2.29. The molecule has 0 amide bonds. The molecule has 0 aromatic heterocycles. The van der Waals surface area contributed by atoms with E-state index in [1.807, 2.05) is 42.5 Å². The van der Waals surface area contributed by atoms with Crippen LogP contribution in [0.4, 0.5) is 39.8 Å². The quantitative estimate of drug-likeness (QED) is 0.216. The highest BCUT2D eigenvalue weighted by atomic mass is 15.1. The number of nitrogens with one attached hydrogen (secondary N) is 2. The van der Waals surface area contributed by atoms with Crippen LogP contribution in [0.15, 0.2) is 164 Å². The van der Waals surface area contributed by atoms with Gasteiger partial charge in [-0.1, -0.05) is 97.1 Å². The van der Waals surface area contributed by atoms with Crippen LogP contribution in [0.2, 0.25) is 0 Å². The third-order valence-electron chi connectivity index (χ3n) is 6.55. The molecule has 0 aliphatic heterocycles. The molecule has 2 N–H and O–H groups in total. The summed E-state index contributed by atoms with van der Waals surface area (Å²) in [6, 6.07) is 56.8. The number of hydrogen-bond acceptors (Lipinski definition) is 3. The summed E-state index contributed by atoms with van der Waals surface area (Å²) in [5.41, 5.74) is 9.71. The van der Waals surface area contributed by atoms with Gasteiger partial charge in [0.1, 0.15) is 0 Å². The summed E-state index contributed by atoms with van der Waals surface area (Å²) in [5, 5.41) is 7.18. The fourth-order valence-corrected chi connectivity index (χ4v) is 4.72. The van der Waals surface area contributed by atoms with E-state index >= 15 is 0 Å². The summed E-state index contributed by atoms with van der Waals surface area (Å²) >= 11 is 0. The average molecular weight is 504 g/mol. The summed E-state index contributed by atoms with van der Waals surface area (Å²) in [6.07, 6.45) is 0. The van der Waals surface area contributed by atoms with Gasteiger partial charge in [0.25, 0.3) is 0 Å². The molecular weight excluding hydrogens is 474 g/mol. The van der Waals surface area contributed by atoms with Crippen molar-refractivity contribution in [1.82, 2.24) is 0 Å². The lowest BCUT2D eigenvalue weighted by Gasteiger charge is -2.27. The molecule has 0 atom stereocenters. The summed E-state index contributed by atoms with van der Waals surface area (Å²) in [5.74, 6) is 0. The van der Waals surface area contributed by atoms with E-state index in [9.17, 15) is 0 Å². The predicted octanol–water partition coefficient (Wildman–Crippen LogP) is 10.3. The minimum absolute atomic E-state index is 0.999. The first-order valence-electron chi connectivity index (χ1n) is 13.1. The van der Waals surface area contributed by atoms with Crippen molar-refractivity contribution < 1.29 is 0 Å². The van der Waals surface area contributed by atoms with Gasteiger partial charge in [0.15, 0.2) is 0 Å². The molecular formula is C36H29N3. The van der Waals surface area contributed by atoms with Crippen molar-refractivity contribution in [1.29, 1.82) is 0 Å². The van der Waals surface area contributed by atoms with E-state index in [2.05, 4.69) is 137 Å². The van der Waals surface area contributed by atoms with E-state index in [-0.39, 0.29) is 0 Å². The Bertz CT molecular complexity index is 1560. The van der Waals surface area contributed by atoms with Gasteiger partial charge in [-0.2, -0.15) is 0 Å². The zero-order chi connectivity index (χ0) is 26.3. The SMILES string of the molecule is c1ccc(Nc2cc(Nc3ccccc3)cc(N(c3ccccc3)c3ccc(-c4ccccc4)cc3)c2)cc1. The molecule has 39 heavy (non-hydrogen) atoms. The van der Waals surface area contributed by atoms with E-state index in [0.29, 0.717) is 0 Å². The van der Waals surface area contributed by atoms with Crippen LogP contribution in [0.25, 0.3) is 11.1 Å². The Morgan fingerprint density at radius 2 is 0.718 bits per heavy atom. The van der Waals surface area contributed by atoms with Gasteiger partial charge < -0.3 is 15.5 Å². The topological polar surface area (TPSA) is 27.3 Å². The maximum absolute atomic E-state index is 3.59. The monoisotopic (exact) mass is 503 g/mol. The number of hydrogen-bond donors (Lipinski definition) is 2. The van der Waals surface area contributed by atoms with Crippen molar-refractivity contribution in [3.8, 4) is 11.1 Å². The third-order valence-corrected chi connectivity index (χ3v) is 6.55. The van der Waals surface area contributed by atoms with Crippen molar-refractivity contribution >= 4 is 39.8 Å². The normalized spacial score (nSPS) is 10.6. The van der Waals surface area contributed by atoms with Gasteiger partial charge in [0.05, 0.1) is 5.69 Å². The number of rotatable bonds is 8. The van der Waals surface area contributed by atoms with Crippen LogP contribution in [0.5, 0.6) is 0 Å². The first kappa shape index (κ1) is 24.1. The maximum Gasteiger partial charge on any atom is 0.0502 e. The second-order valence-corrected chi connectivity index (χ2v) is 9.33. The molecule has 0 fully saturated rings. The Balaban J connectivity index is 1.44. The van der Waals surface area contributed by atoms with Crippen molar-refractivity contribution in [3.05, 3.63) is 164 Å². The Morgan fingerprint density at radius 3 is 1.23 bits per heavy atom. The lowest BCUT2D eigenvalue weighted by molar-refractivity contribution is 1.28. The Hall–Kier alpha value is -5.28. The predicted molar refractivity (Wildman–Crippen MR) is 166 cm³/mol. The number of para-hydroxylation sites is 3. The standard InChI is InChI=1S/C36H29N3/c1-5-13-28(14-6-1)29-21-23-35(24-22-29)39(34-19-11-4-12-20-34)36-26-32(37-30-15-7-2-8-16-30)25-33(27-36)38-31-17-9-3-10-18-31/h1-27,37-38H. The molecule has 0 spiro atoms. The van der Waals surface area contributed by atoms with Crippen LogP contribution < -0.4 is 15.5 Å². The van der Waals surface area contributed by atoms with E-state index in [1.165, 1.54) is 11.1 Å². The fraction of sp³-hybridized carbons (Fsp3) is 0. The molecule has 6 aromatic carbocycles. The summed E-state index contributed by atoms with van der Waals surface area (Å²) in [7, 11) is 0. The van der Waals surface area contributed by atoms with Crippen LogP contribution in [-0.2, 0) is 0 Å². The van der Waals surface area contributed by atoms with E-state index in [0.717, 1.165) is 39.8 Å². The lowest BCUT2D eigenvalue weighted by Crippen LogP contribution is -2.10. The highest BCUT2D eigenvalue weighted by molar-refractivity contribution is 5.83. The number of anilines is 7. The number of benzene rings is 6. The van der Waals surface area contributed by atoms with Crippen molar-refractivity contribution in [3.63, 3.8) is 0 Å². The van der Waals surface area contributed by atoms with E-state index in [4.69, 9.17) is 0 Å². The maximum atomic E-state index is 3.59. The molecule has 0 unspecified atom stereocenters. The van der Waals surface area contributed by atoms with Crippen LogP contribution >= 0.6 is 0 Å². The highest BCUT2D eigenvalue weighted by Crippen LogP contribution is 2.39. The molecule has 0 saturated heterocycles. The molecule has 6 rings (SSSR count). The third kappa shape index (κ3) is 5.84. The molecule has 0 aliphatic rings. The van der Waals surface area contributed by atoms with E-state index in [1.54, 1.807) is 0 Å². The van der Waals surface area contributed by atoms with Crippen LogP contribution in [0.3, 0.4) is 0 Å². The lowest BCUT2D eigenvalue weighted by atomic mass is 10.0. The summed E-state index contributed by atoms with van der Waals surface area (Å²) < 4.78 is 0. The molecule has 3 heteroatoms. The van der Waals surface area contributed by atoms with Gasteiger partial charge in [-0.25, -0.2) is 0 Å². The first-order chi connectivity index (χ1) is 19.3. The second kappa shape index (κ2) is 11.4. The second-order valence-electron chi connectivity index (χ2n) is 9.33. The minimum atomic E-state index is 0.999. The molecule has 0 heterocycles. The fourth-order valence-electron chi connectivity index (χ4n) is 4.72. The van der Waals surface area contributed by atoms with Crippen molar-refractivity contribution in [2.45, 2.75) is 0 Å². The smallest absolute Gasteiger partial charge is 0.0502 e. The highest BCUT2D eigenvalue weighted by Gasteiger charge is 2.15. The molecule has 0 radical (unpaired) electrons. The number of nitrogens with zero attached hydrogens (tertiary/aromatic N) is 1. The largest absolute Gasteiger partial charge is 0.355 e. The van der Waals surface area contributed by atoms with Gasteiger partial charge in [-0.05, 0) is 77.9 Å². The zero-order valence-electron chi connectivity index (χ0n) is 21.5. The molecule has 0 saturated carbocycles. The van der Waals surface area contributed by atoms with Gasteiger partial charge in [0, 0.05) is 34.1 Å². The van der Waals surface area contributed by atoms with Crippen molar-refractivity contribution in [2.75, 3.05) is 15.5 Å². The van der Waals surface area contributed by atoms with Gasteiger partial charge >= 0.3 is 0 Å². The van der Waals surface area contributed by atoms with Gasteiger partial charge in [-0.3, -0.25) is 0 Å². The van der Waals surface area contributed by atoms with Crippen LogP contribution in [-0.4, -0.2) is 0 Å². The molecule has 0 aliphatic carbocycles. The Kier molecular flexibility index (Phi) is 7.04. The minimum Gasteiger partial charge on any atom is -0.355 e.